The van der Waals surface area contributed by atoms with Crippen LogP contribution in [0.25, 0.3) is 6.08 Å². The van der Waals surface area contributed by atoms with Gasteiger partial charge in [-0.1, -0.05) is 29.8 Å². The molecule has 2 aromatic rings. The highest BCUT2D eigenvalue weighted by atomic mass is 35.5. The molecule has 6 heteroatoms. The first-order chi connectivity index (χ1) is 10.1. The van der Waals surface area contributed by atoms with E-state index in [1.54, 1.807) is 48.5 Å². The van der Waals surface area contributed by atoms with Gasteiger partial charge in [-0.3, -0.25) is 14.5 Å². The van der Waals surface area contributed by atoms with E-state index in [4.69, 9.17) is 16.7 Å². The van der Waals surface area contributed by atoms with Crippen LogP contribution in [0.15, 0.2) is 48.5 Å². The molecule has 0 saturated heterocycles. The number of benzene rings is 1. The van der Waals surface area contributed by atoms with E-state index in [0.717, 1.165) is 4.88 Å². The van der Waals surface area contributed by atoms with Crippen molar-refractivity contribution in [3.63, 3.8) is 0 Å². The first-order valence-corrected chi connectivity index (χ1v) is 7.27. The number of carboxylic acids is 1. The van der Waals surface area contributed by atoms with Gasteiger partial charge in [-0.25, -0.2) is 0 Å². The van der Waals surface area contributed by atoms with Gasteiger partial charge in [0.15, 0.2) is 0 Å². The number of para-hydroxylation sites is 1. The van der Waals surface area contributed by atoms with E-state index in [2.05, 4.69) is 0 Å². The molecular weight excluding hydrogens is 310 g/mol. The van der Waals surface area contributed by atoms with E-state index in [1.807, 2.05) is 0 Å². The van der Waals surface area contributed by atoms with Gasteiger partial charge in [-0.05, 0) is 30.3 Å². The van der Waals surface area contributed by atoms with E-state index in [1.165, 1.54) is 22.3 Å². The predicted octanol–water partition coefficient (Wildman–Crippen LogP) is 3.53. The number of hydrogen-bond acceptors (Lipinski definition) is 3. The molecule has 21 heavy (non-hydrogen) atoms. The number of carboxylic acid groups (broad SMARTS) is 1. The molecule has 1 aromatic heterocycles. The van der Waals surface area contributed by atoms with Gasteiger partial charge < -0.3 is 5.11 Å². The molecule has 0 atom stereocenters. The van der Waals surface area contributed by atoms with Crippen molar-refractivity contribution in [2.75, 3.05) is 11.4 Å². The Labute approximate surface area is 130 Å². The highest BCUT2D eigenvalue weighted by molar-refractivity contribution is 7.17. The quantitative estimate of drug-likeness (QED) is 0.857. The summed E-state index contributed by atoms with van der Waals surface area (Å²) in [7, 11) is 0. The Balaban J connectivity index is 2.18. The monoisotopic (exact) mass is 321 g/mol. The normalized spacial score (nSPS) is 10.7. The number of carbonyl (C=O) groups excluding carboxylic acids is 1. The topological polar surface area (TPSA) is 57.6 Å². The van der Waals surface area contributed by atoms with E-state index in [9.17, 15) is 9.59 Å². The third-order valence-corrected chi connectivity index (χ3v) is 3.81. The Kier molecular flexibility index (Phi) is 5.14. The van der Waals surface area contributed by atoms with Crippen molar-refractivity contribution in [1.82, 2.24) is 0 Å². The summed E-state index contributed by atoms with van der Waals surface area (Å²) < 4.78 is 0.632. The zero-order valence-electron chi connectivity index (χ0n) is 10.9. The summed E-state index contributed by atoms with van der Waals surface area (Å²) >= 11 is 7.16. The minimum absolute atomic E-state index is 0.390. The molecule has 0 bridgehead atoms. The van der Waals surface area contributed by atoms with Gasteiger partial charge in [-0.2, -0.15) is 0 Å². The Hall–Kier alpha value is -2.11. The molecule has 4 nitrogen and oxygen atoms in total. The third kappa shape index (κ3) is 4.44. The molecule has 0 unspecified atom stereocenters. The van der Waals surface area contributed by atoms with Crippen molar-refractivity contribution < 1.29 is 14.7 Å². The molecule has 0 aliphatic carbocycles. The fourth-order valence-corrected chi connectivity index (χ4v) is 2.66. The molecule has 108 valence electrons. The maximum Gasteiger partial charge on any atom is 0.323 e. The summed E-state index contributed by atoms with van der Waals surface area (Å²) in [5.74, 6) is -1.46. The van der Waals surface area contributed by atoms with E-state index >= 15 is 0 Å². The lowest BCUT2D eigenvalue weighted by Crippen LogP contribution is -2.34. The van der Waals surface area contributed by atoms with Crippen molar-refractivity contribution in [1.29, 1.82) is 0 Å². The first kappa shape index (κ1) is 15.3. The average Bonchev–Trinajstić information content (AvgIpc) is 2.88. The van der Waals surface area contributed by atoms with Crippen LogP contribution < -0.4 is 4.90 Å². The van der Waals surface area contributed by atoms with Crippen LogP contribution in [0.2, 0.25) is 4.34 Å². The van der Waals surface area contributed by atoms with Crippen LogP contribution in [0.3, 0.4) is 0 Å². The fraction of sp³-hybridized carbons (Fsp3) is 0.0667. The highest BCUT2D eigenvalue weighted by Gasteiger charge is 2.16. The SMILES string of the molecule is O=C(O)CN(C(=O)/C=C/c1ccc(Cl)s1)c1ccccc1. The zero-order chi connectivity index (χ0) is 15.2. The number of amides is 1. The molecule has 0 aliphatic rings. The lowest BCUT2D eigenvalue weighted by Gasteiger charge is -2.18. The largest absolute Gasteiger partial charge is 0.480 e. The number of hydrogen-bond donors (Lipinski definition) is 1. The zero-order valence-corrected chi connectivity index (χ0v) is 12.5. The lowest BCUT2D eigenvalue weighted by atomic mass is 10.2. The maximum atomic E-state index is 12.2. The van der Waals surface area contributed by atoms with E-state index in [-0.39, 0.29) is 0 Å². The number of carbonyl (C=O) groups is 2. The van der Waals surface area contributed by atoms with Crippen molar-refractivity contribution >= 4 is 46.6 Å². The molecule has 0 fully saturated rings. The Morgan fingerprint density at radius 1 is 1.19 bits per heavy atom. The van der Waals surface area contributed by atoms with Gasteiger partial charge >= 0.3 is 5.97 Å². The average molecular weight is 322 g/mol. The van der Waals surface area contributed by atoms with Crippen LogP contribution in [0.1, 0.15) is 4.88 Å². The summed E-state index contributed by atoms with van der Waals surface area (Å²) in [4.78, 5) is 25.2. The minimum Gasteiger partial charge on any atom is -0.480 e. The summed E-state index contributed by atoms with van der Waals surface area (Å²) in [6.07, 6.45) is 2.97. The molecule has 0 aliphatic heterocycles. The second kappa shape index (κ2) is 7.06. The Morgan fingerprint density at radius 2 is 1.90 bits per heavy atom. The summed E-state index contributed by atoms with van der Waals surface area (Å²) in [5, 5.41) is 8.95. The lowest BCUT2D eigenvalue weighted by molar-refractivity contribution is -0.136. The number of thiophene rings is 1. The molecule has 0 spiro atoms. The smallest absolute Gasteiger partial charge is 0.323 e. The van der Waals surface area contributed by atoms with Gasteiger partial charge in [0.1, 0.15) is 6.54 Å². The Morgan fingerprint density at radius 3 is 2.48 bits per heavy atom. The molecule has 1 N–H and O–H groups in total. The molecule has 0 radical (unpaired) electrons. The standard InChI is InChI=1S/C15H12ClNO3S/c16-13-8-6-12(21-13)7-9-14(18)17(10-15(19)20)11-4-2-1-3-5-11/h1-9H,10H2,(H,19,20)/b9-7+. The number of aliphatic carboxylic acids is 1. The van der Waals surface area contributed by atoms with E-state index in [0.29, 0.717) is 10.0 Å². The number of halogens is 1. The third-order valence-electron chi connectivity index (χ3n) is 2.61. The van der Waals surface area contributed by atoms with Crippen molar-refractivity contribution in [3.05, 3.63) is 57.8 Å². The molecule has 1 heterocycles. The molecule has 1 amide bonds. The van der Waals surface area contributed by atoms with Crippen LogP contribution in [-0.2, 0) is 9.59 Å². The second-order valence-corrected chi connectivity index (χ2v) is 5.88. The van der Waals surface area contributed by atoms with Gasteiger partial charge in [0.05, 0.1) is 4.34 Å². The van der Waals surface area contributed by atoms with Crippen LogP contribution >= 0.6 is 22.9 Å². The van der Waals surface area contributed by atoms with Gasteiger partial charge in [0.2, 0.25) is 0 Å². The minimum atomic E-state index is -1.07. The van der Waals surface area contributed by atoms with Crippen LogP contribution in [-0.4, -0.2) is 23.5 Å². The van der Waals surface area contributed by atoms with Gasteiger partial charge in [0, 0.05) is 16.6 Å². The van der Waals surface area contributed by atoms with Crippen LogP contribution in [0.5, 0.6) is 0 Å². The summed E-state index contributed by atoms with van der Waals surface area (Å²) in [5.41, 5.74) is 0.541. The molecule has 1 aromatic carbocycles. The van der Waals surface area contributed by atoms with Gasteiger partial charge in [0.25, 0.3) is 5.91 Å². The number of anilines is 1. The van der Waals surface area contributed by atoms with Crippen molar-refractivity contribution in [2.24, 2.45) is 0 Å². The Bertz CT molecular complexity index is 667. The van der Waals surface area contributed by atoms with Crippen LogP contribution in [0.4, 0.5) is 5.69 Å². The number of nitrogens with zero attached hydrogens (tertiary/aromatic N) is 1. The second-order valence-electron chi connectivity index (χ2n) is 4.13. The maximum absolute atomic E-state index is 12.2. The predicted molar refractivity (Wildman–Crippen MR) is 84.8 cm³/mol. The van der Waals surface area contributed by atoms with Gasteiger partial charge in [-0.15, -0.1) is 11.3 Å². The molecule has 2 rings (SSSR count). The highest BCUT2D eigenvalue weighted by Crippen LogP contribution is 2.22. The van der Waals surface area contributed by atoms with Crippen molar-refractivity contribution in [2.45, 2.75) is 0 Å². The fourth-order valence-electron chi connectivity index (χ4n) is 1.70. The van der Waals surface area contributed by atoms with E-state index < -0.39 is 18.4 Å². The first-order valence-electron chi connectivity index (χ1n) is 6.08. The summed E-state index contributed by atoms with van der Waals surface area (Å²) in [6, 6.07) is 12.2. The van der Waals surface area contributed by atoms with Crippen molar-refractivity contribution in [3.8, 4) is 0 Å². The molecular formula is C15H12ClNO3S. The van der Waals surface area contributed by atoms with Crippen LogP contribution in [0, 0.1) is 0 Å². The number of rotatable bonds is 5. The molecule has 0 saturated carbocycles. The summed E-state index contributed by atoms with van der Waals surface area (Å²) in [6.45, 7) is -0.390.